The fourth-order valence-electron chi connectivity index (χ4n) is 2.41. The van der Waals surface area contributed by atoms with Gasteiger partial charge in [0.2, 0.25) is 0 Å². The van der Waals surface area contributed by atoms with Crippen molar-refractivity contribution in [3.8, 4) is 0 Å². The van der Waals surface area contributed by atoms with Crippen LogP contribution < -0.4 is 10.6 Å². The third-order valence-electron chi connectivity index (χ3n) is 3.58. The van der Waals surface area contributed by atoms with Gasteiger partial charge in [-0.15, -0.1) is 0 Å². The van der Waals surface area contributed by atoms with E-state index in [0.717, 1.165) is 32.6 Å². The average molecular weight is 266 g/mol. The van der Waals surface area contributed by atoms with Crippen molar-refractivity contribution in [2.75, 3.05) is 19.6 Å². The molecule has 0 fully saturated rings. The van der Waals surface area contributed by atoms with Crippen LogP contribution in [0.5, 0.6) is 0 Å². The Balaban J connectivity index is 2.35. The molecule has 19 heavy (non-hydrogen) atoms. The van der Waals surface area contributed by atoms with E-state index in [1.165, 1.54) is 23.4 Å². The van der Waals surface area contributed by atoms with Gasteiger partial charge in [0.05, 0.1) is 5.69 Å². The van der Waals surface area contributed by atoms with Gasteiger partial charge >= 0.3 is 0 Å². The number of hydrogen-bond donors (Lipinski definition) is 2. The molecule has 0 spiro atoms. The molecule has 1 atom stereocenters. The highest BCUT2D eigenvalue weighted by Crippen LogP contribution is 2.13. The Morgan fingerprint density at radius 2 is 1.95 bits per heavy atom. The molecule has 0 aromatic carbocycles. The summed E-state index contributed by atoms with van der Waals surface area (Å²) < 4.78 is 2.09. The van der Waals surface area contributed by atoms with E-state index in [1.54, 1.807) is 0 Å². The molecule has 1 rings (SSSR count). The quantitative estimate of drug-likeness (QED) is 0.672. The molecule has 0 aliphatic carbocycles. The fraction of sp³-hybridized carbons (Fsp3) is 0.800. The molecule has 1 aromatic rings. The summed E-state index contributed by atoms with van der Waals surface area (Å²) in [5.41, 5.74) is 3.90. The predicted octanol–water partition coefficient (Wildman–Crippen LogP) is 2.04. The van der Waals surface area contributed by atoms with Gasteiger partial charge in [-0.1, -0.05) is 6.92 Å². The standard InChI is InChI=1S/C15H30N4/c1-6-9-16-11-12(3)17-10-8-15-13(4)18-19(7-2)14(15)5/h12,16-17H,6-11H2,1-5H3. The second kappa shape index (κ2) is 8.33. The lowest BCUT2D eigenvalue weighted by molar-refractivity contribution is 0.504. The van der Waals surface area contributed by atoms with Crippen molar-refractivity contribution in [2.45, 2.75) is 60.0 Å². The van der Waals surface area contributed by atoms with Crippen molar-refractivity contribution in [1.82, 2.24) is 20.4 Å². The van der Waals surface area contributed by atoms with E-state index >= 15 is 0 Å². The summed E-state index contributed by atoms with van der Waals surface area (Å²) in [6, 6.07) is 0.522. The summed E-state index contributed by atoms with van der Waals surface area (Å²) in [4.78, 5) is 0. The third-order valence-corrected chi connectivity index (χ3v) is 3.58. The Morgan fingerprint density at radius 3 is 2.53 bits per heavy atom. The van der Waals surface area contributed by atoms with Crippen LogP contribution in [0.3, 0.4) is 0 Å². The van der Waals surface area contributed by atoms with Gasteiger partial charge in [0.1, 0.15) is 0 Å². The van der Waals surface area contributed by atoms with Gasteiger partial charge in [-0.3, -0.25) is 4.68 Å². The van der Waals surface area contributed by atoms with Crippen LogP contribution in [0.1, 0.15) is 44.1 Å². The maximum atomic E-state index is 4.56. The summed E-state index contributed by atoms with van der Waals surface area (Å²) in [6.45, 7) is 15.0. The SMILES string of the molecule is CCCNCC(C)NCCc1c(C)nn(CC)c1C. The highest BCUT2D eigenvalue weighted by molar-refractivity contribution is 5.24. The lowest BCUT2D eigenvalue weighted by atomic mass is 10.1. The number of nitrogens with zero attached hydrogens (tertiary/aromatic N) is 2. The molecule has 1 unspecified atom stereocenters. The smallest absolute Gasteiger partial charge is 0.0628 e. The zero-order valence-electron chi connectivity index (χ0n) is 13.2. The minimum Gasteiger partial charge on any atom is -0.315 e. The van der Waals surface area contributed by atoms with Gasteiger partial charge in [0.15, 0.2) is 0 Å². The van der Waals surface area contributed by atoms with Crippen molar-refractivity contribution < 1.29 is 0 Å². The van der Waals surface area contributed by atoms with Crippen molar-refractivity contribution in [3.63, 3.8) is 0 Å². The molecule has 0 saturated heterocycles. The van der Waals surface area contributed by atoms with Crippen LogP contribution in [0.15, 0.2) is 0 Å². The first kappa shape index (κ1) is 16.2. The lowest BCUT2D eigenvalue weighted by Crippen LogP contribution is -2.37. The van der Waals surface area contributed by atoms with Crippen LogP contribution in [0.2, 0.25) is 0 Å². The second-order valence-corrected chi connectivity index (χ2v) is 5.27. The summed E-state index contributed by atoms with van der Waals surface area (Å²) >= 11 is 0. The van der Waals surface area contributed by atoms with Crippen LogP contribution in [0.4, 0.5) is 0 Å². The van der Waals surface area contributed by atoms with E-state index in [-0.39, 0.29) is 0 Å². The summed E-state index contributed by atoms with van der Waals surface area (Å²) in [5, 5.41) is 11.6. The molecule has 0 bridgehead atoms. The molecular formula is C15H30N4. The molecule has 2 N–H and O–H groups in total. The fourth-order valence-corrected chi connectivity index (χ4v) is 2.41. The topological polar surface area (TPSA) is 41.9 Å². The molecular weight excluding hydrogens is 236 g/mol. The maximum Gasteiger partial charge on any atom is 0.0628 e. The van der Waals surface area contributed by atoms with Crippen LogP contribution >= 0.6 is 0 Å². The van der Waals surface area contributed by atoms with Gasteiger partial charge in [0, 0.05) is 24.8 Å². The number of aryl methyl sites for hydroxylation is 2. The van der Waals surface area contributed by atoms with Crippen LogP contribution in [-0.4, -0.2) is 35.5 Å². The molecule has 1 aromatic heterocycles. The Hall–Kier alpha value is -0.870. The molecule has 4 heteroatoms. The molecule has 0 saturated carbocycles. The minimum absolute atomic E-state index is 0.522. The van der Waals surface area contributed by atoms with Crippen molar-refractivity contribution in [1.29, 1.82) is 0 Å². The first-order chi connectivity index (χ1) is 9.10. The summed E-state index contributed by atoms with van der Waals surface area (Å²) in [6.07, 6.45) is 2.26. The molecule has 0 aliphatic rings. The van der Waals surface area contributed by atoms with Crippen LogP contribution in [-0.2, 0) is 13.0 Å². The number of nitrogens with one attached hydrogen (secondary N) is 2. The normalized spacial score (nSPS) is 12.9. The average Bonchev–Trinajstić information content (AvgIpc) is 2.66. The highest BCUT2D eigenvalue weighted by Gasteiger charge is 2.10. The first-order valence-corrected chi connectivity index (χ1v) is 7.57. The van der Waals surface area contributed by atoms with Crippen molar-refractivity contribution in [2.24, 2.45) is 0 Å². The summed E-state index contributed by atoms with van der Waals surface area (Å²) in [5.74, 6) is 0. The van der Waals surface area contributed by atoms with Crippen LogP contribution in [0.25, 0.3) is 0 Å². The summed E-state index contributed by atoms with van der Waals surface area (Å²) in [7, 11) is 0. The lowest BCUT2D eigenvalue weighted by Gasteiger charge is -2.14. The minimum atomic E-state index is 0.522. The Bertz CT molecular complexity index is 370. The first-order valence-electron chi connectivity index (χ1n) is 7.57. The monoisotopic (exact) mass is 266 g/mol. The molecule has 4 nitrogen and oxygen atoms in total. The predicted molar refractivity (Wildman–Crippen MR) is 81.7 cm³/mol. The highest BCUT2D eigenvalue weighted by atomic mass is 15.3. The Kier molecular flexibility index (Phi) is 7.10. The van der Waals surface area contributed by atoms with Gasteiger partial charge in [-0.25, -0.2) is 0 Å². The molecule has 110 valence electrons. The molecule has 1 heterocycles. The van der Waals surface area contributed by atoms with Gasteiger partial charge in [-0.2, -0.15) is 5.10 Å². The molecule has 0 radical (unpaired) electrons. The van der Waals surface area contributed by atoms with E-state index in [9.17, 15) is 0 Å². The number of hydrogen-bond acceptors (Lipinski definition) is 3. The largest absolute Gasteiger partial charge is 0.315 e. The zero-order chi connectivity index (χ0) is 14.3. The zero-order valence-corrected chi connectivity index (χ0v) is 13.2. The van der Waals surface area contributed by atoms with E-state index in [4.69, 9.17) is 0 Å². The van der Waals surface area contributed by atoms with E-state index < -0.39 is 0 Å². The number of aromatic nitrogens is 2. The van der Waals surface area contributed by atoms with E-state index in [0.29, 0.717) is 6.04 Å². The van der Waals surface area contributed by atoms with Crippen LogP contribution in [0, 0.1) is 13.8 Å². The maximum absolute atomic E-state index is 4.56. The Labute approximate surface area is 118 Å². The van der Waals surface area contributed by atoms with Gasteiger partial charge in [0.25, 0.3) is 0 Å². The van der Waals surface area contributed by atoms with E-state index in [2.05, 4.69) is 55.0 Å². The molecule has 0 amide bonds. The van der Waals surface area contributed by atoms with E-state index in [1.807, 2.05) is 0 Å². The third kappa shape index (κ3) is 4.96. The van der Waals surface area contributed by atoms with Gasteiger partial charge in [-0.05, 0) is 59.2 Å². The Morgan fingerprint density at radius 1 is 1.21 bits per heavy atom. The van der Waals surface area contributed by atoms with Crippen molar-refractivity contribution in [3.05, 3.63) is 17.0 Å². The van der Waals surface area contributed by atoms with Crippen molar-refractivity contribution >= 4 is 0 Å². The number of rotatable bonds is 9. The second-order valence-electron chi connectivity index (χ2n) is 5.27. The molecule has 0 aliphatic heterocycles. The van der Waals surface area contributed by atoms with Gasteiger partial charge < -0.3 is 10.6 Å².